The summed E-state index contributed by atoms with van der Waals surface area (Å²) in [5.41, 5.74) is 0. The molecule has 0 saturated carbocycles. The SMILES string of the molecule is O.O.O.O.O.O=C(O)CC(CC(=O)O)C(=O)O.[H-].[H-].[H-].[Na+].[Na+].[Na+]. The van der Waals surface area contributed by atoms with Crippen molar-refractivity contribution in [1.29, 1.82) is 0 Å². The van der Waals surface area contributed by atoms with Crippen LogP contribution in [0.5, 0.6) is 0 Å². The zero-order chi connectivity index (χ0) is 9.72. The third-order valence-corrected chi connectivity index (χ3v) is 1.19. The Kier molecular flexibility index (Phi) is 93.7. The number of aliphatic carboxylic acids is 3. The normalized spacial score (nSPS) is 5.85. The fourth-order valence-electron chi connectivity index (χ4n) is 0.668. The topological polar surface area (TPSA) is 269 Å². The van der Waals surface area contributed by atoms with Crippen LogP contribution in [-0.2, 0) is 14.4 Å². The first-order valence-electron chi connectivity index (χ1n) is 3.10. The zero-order valence-electron chi connectivity index (χ0n) is 14.6. The van der Waals surface area contributed by atoms with Crippen molar-refractivity contribution in [1.82, 2.24) is 0 Å². The van der Waals surface area contributed by atoms with Gasteiger partial charge in [0, 0.05) is 0 Å². The predicted molar refractivity (Wildman–Crippen MR) is 57.0 cm³/mol. The van der Waals surface area contributed by atoms with Crippen molar-refractivity contribution in [2.75, 3.05) is 0 Å². The molecule has 0 aliphatic rings. The summed E-state index contributed by atoms with van der Waals surface area (Å²) in [5, 5.41) is 24.7. The van der Waals surface area contributed by atoms with Gasteiger partial charge >= 0.3 is 107 Å². The fraction of sp³-hybridized carbons (Fsp3) is 0.500. The summed E-state index contributed by atoms with van der Waals surface area (Å²) in [4.78, 5) is 30.3. The average molecular weight is 338 g/mol. The third kappa shape index (κ3) is 36.5. The van der Waals surface area contributed by atoms with Gasteiger partial charge < -0.3 is 47.0 Å². The van der Waals surface area contributed by atoms with Gasteiger partial charge in [0.15, 0.2) is 0 Å². The van der Waals surface area contributed by atoms with Crippen molar-refractivity contribution in [3.8, 4) is 0 Å². The van der Waals surface area contributed by atoms with Crippen molar-refractivity contribution in [3.05, 3.63) is 0 Å². The maximum Gasteiger partial charge on any atom is 1.00 e. The van der Waals surface area contributed by atoms with E-state index in [-0.39, 0.29) is 120 Å². The van der Waals surface area contributed by atoms with Crippen molar-refractivity contribution in [3.63, 3.8) is 0 Å². The van der Waals surface area contributed by atoms with E-state index in [0.29, 0.717) is 0 Å². The Labute approximate surface area is 185 Å². The molecule has 13 N–H and O–H groups in total. The van der Waals surface area contributed by atoms with E-state index in [2.05, 4.69) is 0 Å². The number of rotatable bonds is 5. The molecule has 114 valence electrons. The number of carboxylic acid groups (broad SMARTS) is 3. The van der Waals surface area contributed by atoms with Gasteiger partial charge in [0.1, 0.15) is 0 Å². The fourth-order valence-corrected chi connectivity index (χ4v) is 0.668. The van der Waals surface area contributed by atoms with Crippen molar-refractivity contribution in [2.45, 2.75) is 12.8 Å². The Bertz CT molecular complexity index is 221. The molecule has 0 heterocycles. The van der Waals surface area contributed by atoms with Crippen molar-refractivity contribution < 1.29 is 150 Å². The Balaban J connectivity index is -0.0000000110. The van der Waals surface area contributed by atoms with Gasteiger partial charge in [0.25, 0.3) is 0 Å². The van der Waals surface area contributed by atoms with Crippen LogP contribution in [0.2, 0.25) is 0 Å². The number of hydrogen-bond donors (Lipinski definition) is 3. The van der Waals surface area contributed by atoms with Gasteiger partial charge in [0.2, 0.25) is 0 Å². The average Bonchev–Trinajstić information content (AvgIpc) is 1.83. The molecule has 0 aliphatic heterocycles. The van der Waals surface area contributed by atoms with E-state index in [1.807, 2.05) is 0 Å². The Morgan fingerprint density at radius 3 is 1.00 bits per heavy atom. The molecule has 20 heavy (non-hydrogen) atoms. The molecule has 0 aromatic heterocycles. The van der Waals surface area contributed by atoms with Gasteiger partial charge in [-0.05, 0) is 0 Å². The van der Waals surface area contributed by atoms with E-state index in [9.17, 15) is 14.4 Å². The molecule has 0 atom stereocenters. The summed E-state index contributed by atoms with van der Waals surface area (Å²) < 4.78 is 0. The van der Waals surface area contributed by atoms with Crippen LogP contribution >= 0.6 is 0 Å². The molecule has 0 aliphatic carbocycles. The maximum atomic E-state index is 10.2. The molecular weight excluding hydrogens is 317 g/mol. The van der Waals surface area contributed by atoms with Crippen LogP contribution in [0.3, 0.4) is 0 Å². The van der Waals surface area contributed by atoms with Crippen LogP contribution in [0.15, 0.2) is 0 Å². The number of carbonyl (C=O) groups is 3. The second-order valence-corrected chi connectivity index (χ2v) is 2.23. The van der Waals surface area contributed by atoms with Crippen LogP contribution < -0.4 is 88.7 Å². The molecule has 0 radical (unpaired) electrons. The van der Waals surface area contributed by atoms with Crippen LogP contribution in [0.4, 0.5) is 0 Å². The molecule has 11 nitrogen and oxygen atoms in total. The Morgan fingerprint density at radius 1 is 0.700 bits per heavy atom. The Morgan fingerprint density at radius 2 is 0.900 bits per heavy atom. The van der Waals surface area contributed by atoms with Crippen LogP contribution in [0, 0.1) is 5.92 Å². The van der Waals surface area contributed by atoms with Crippen LogP contribution in [0.1, 0.15) is 17.1 Å². The van der Waals surface area contributed by atoms with E-state index in [1.54, 1.807) is 0 Å². The molecule has 0 saturated heterocycles. The molecule has 0 bridgehead atoms. The number of hydrogen-bond acceptors (Lipinski definition) is 3. The van der Waals surface area contributed by atoms with Gasteiger partial charge in [0.05, 0.1) is 18.8 Å². The summed E-state index contributed by atoms with van der Waals surface area (Å²) in [7, 11) is 0. The molecule has 0 amide bonds. The van der Waals surface area contributed by atoms with Gasteiger partial charge in [-0.2, -0.15) is 0 Å². The first kappa shape index (κ1) is 58.1. The summed E-state index contributed by atoms with van der Waals surface area (Å²) >= 11 is 0. The number of carboxylic acids is 3. The quantitative estimate of drug-likeness (QED) is 0.409. The van der Waals surface area contributed by atoms with E-state index < -0.39 is 36.7 Å². The summed E-state index contributed by atoms with van der Waals surface area (Å²) in [5.74, 6) is -5.38. The molecule has 14 heteroatoms. The van der Waals surface area contributed by atoms with Crippen molar-refractivity contribution in [2.24, 2.45) is 5.92 Å². The van der Waals surface area contributed by atoms with E-state index in [4.69, 9.17) is 15.3 Å². The van der Waals surface area contributed by atoms with Crippen LogP contribution in [0.25, 0.3) is 0 Å². The third-order valence-electron chi connectivity index (χ3n) is 1.19. The van der Waals surface area contributed by atoms with Crippen molar-refractivity contribution >= 4 is 17.9 Å². The van der Waals surface area contributed by atoms with Gasteiger partial charge in [-0.1, -0.05) is 0 Å². The summed E-state index contributed by atoms with van der Waals surface area (Å²) in [6.07, 6.45) is -1.33. The molecule has 0 spiro atoms. The molecule has 0 aromatic carbocycles. The first-order chi connectivity index (χ1) is 5.43. The van der Waals surface area contributed by atoms with E-state index >= 15 is 0 Å². The molecule has 0 rings (SSSR count). The molecule has 0 unspecified atom stereocenters. The summed E-state index contributed by atoms with van der Waals surface area (Å²) in [6.45, 7) is 0. The second kappa shape index (κ2) is 32.2. The zero-order valence-corrected chi connectivity index (χ0v) is 17.6. The minimum atomic E-state index is -1.40. The van der Waals surface area contributed by atoms with E-state index in [1.165, 1.54) is 0 Å². The first-order valence-corrected chi connectivity index (χ1v) is 3.10. The van der Waals surface area contributed by atoms with Gasteiger partial charge in [-0.3, -0.25) is 14.4 Å². The molecular formula is C6H21Na3O11. The monoisotopic (exact) mass is 338 g/mol. The minimum Gasteiger partial charge on any atom is -1.00 e. The maximum absolute atomic E-state index is 10.2. The smallest absolute Gasteiger partial charge is 1.00 e. The molecule has 0 aromatic rings. The predicted octanol–water partition coefficient (Wildman–Crippen LogP) is -13.1. The summed E-state index contributed by atoms with van der Waals surface area (Å²) in [6, 6.07) is 0. The van der Waals surface area contributed by atoms with E-state index in [0.717, 1.165) is 0 Å². The van der Waals surface area contributed by atoms with Gasteiger partial charge in [-0.25, -0.2) is 0 Å². The molecule has 0 fully saturated rings. The minimum absolute atomic E-state index is 0. The van der Waals surface area contributed by atoms with Crippen LogP contribution in [-0.4, -0.2) is 60.6 Å². The largest absolute Gasteiger partial charge is 1.00 e. The standard InChI is InChI=1S/C6H8O6.3Na.5H2O.3H/c7-4(8)1-3(6(11)12)2-5(9)10;;;;;;;;;;;/h3H,1-2H2,(H,7,8)(H,9,10)(H,11,12);;;;5*1H2;;;/q;3*+1;;;;;;3*-1. The van der Waals surface area contributed by atoms with Gasteiger partial charge in [-0.15, -0.1) is 0 Å². The Hall–Kier alpha value is 1.21. The second-order valence-electron chi connectivity index (χ2n) is 2.23.